The monoisotopic (exact) mass is 424 g/mol. The lowest BCUT2D eigenvalue weighted by Gasteiger charge is -2.12. The molecule has 2 aromatic carbocycles. The zero-order valence-corrected chi connectivity index (χ0v) is 16.4. The van der Waals surface area contributed by atoms with E-state index in [2.05, 4.69) is 0 Å². The van der Waals surface area contributed by atoms with E-state index in [1.165, 1.54) is 12.1 Å². The van der Waals surface area contributed by atoms with Crippen molar-refractivity contribution < 1.29 is 19.5 Å². The lowest BCUT2D eigenvalue weighted by atomic mass is 10.2. The van der Waals surface area contributed by atoms with Crippen molar-refractivity contribution in [3.05, 3.63) is 88.0 Å². The average Bonchev–Trinajstić information content (AvgIpc) is 3.26. The van der Waals surface area contributed by atoms with Crippen molar-refractivity contribution in [2.24, 2.45) is 0 Å². The molecule has 8 heteroatoms. The first-order valence-corrected chi connectivity index (χ1v) is 9.68. The van der Waals surface area contributed by atoms with Crippen molar-refractivity contribution in [2.75, 3.05) is 4.90 Å². The van der Waals surface area contributed by atoms with Gasteiger partial charge in [-0.05, 0) is 72.4 Å². The number of carboxylic acids is 1. The summed E-state index contributed by atoms with van der Waals surface area (Å²) in [5.41, 5.74) is 2.03. The van der Waals surface area contributed by atoms with Crippen LogP contribution in [0.3, 0.4) is 0 Å². The van der Waals surface area contributed by atoms with E-state index in [1.807, 2.05) is 0 Å². The minimum atomic E-state index is -1.00. The molecule has 0 atom stereocenters. The number of carbonyl (C=O) groups excluding carboxylic acids is 2. The van der Waals surface area contributed by atoms with Crippen molar-refractivity contribution in [1.29, 1.82) is 0 Å². The van der Waals surface area contributed by atoms with Gasteiger partial charge in [-0.2, -0.15) is 0 Å². The summed E-state index contributed by atoms with van der Waals surface area (Å²) < 4.78 is 1.80. The first-order chi connectivity index (χ1) is 13.9. The normalized spacial score (nSPS) is 15.3. The van der Waals surface area contributed by atoms with Crippen LogP contribution in [0.5, 0.6) is 0 Å². The molecule has 1 saturated heterocycles. The fourth-order valence-corrected chi connectivity index (χ4v) is 3.96. The van der Waals surface area contributed by atoms with Crippen molar-refractivity contribution in [3.63, 3.8) is 0 Å². The Morgan fingerprint density at radius 2 is 1.76 bits per heavy atom. The predicted molar refractivity (Wildman–Crippen MR) is 113 cm³/mol. The zero-order valence-electron chi connectivity index (χ0n) is 14.8. The topological polar surface area (TPSA) is 79.6 Å². The summed E-state index contributed by atoms with van der Waals surface area (Å²) in [6.45, 7) is 0. The van der Waals surface area contributed by atoms with E-state index in [0.717, 1.165) is 22.3 Å². The molecule has 0 bridgehead atoms. The molecule has 0 aliphatic carbocycles. The zero-order chi connectivity index (χ0) is 20.5. The molecule has 4 rings (SSSR count). The molecule has 0 unspecified atom stereocenters. The molecule has 1 aliphatic heterocycles. The van der Waals surface area contributed by atoms with Crippen LogP contribution in [0, 0.1) is 0 Å². The van der Waals surface area contributed by atoms with E-state index in [0.29, 0.717) is 16.4 Å². The van der Waals surface area contributed by atoms with Crippen LogP contribution in [0.1, 0.15) is 16.1 Å². The maximum atomic E-state index is 12.8. The summed E-state index contributed by atoms with van der Waals surface area (Å²) in [5.74, 6) is -1.42. The summed E-state index contributed by atoms with van der Waals surface area (Å²) in [5, 5.41) is 9.08. The number of imide groups is 1. The van der Waals surface area contributed by atoms with Crippen LogP contribution in [0.15, 0.2) is 71.8 Å². The fourth-order valence-electron chi connectivity index (χ4n) is 2.95. The minimum absolute atomic E-state index is 0.185. The molecule has 3 aromatic rings. The number of halogens is 1. The number of rotatable bonds is 4. The molecule has 1 aromatic heterocycles. The smallest absolute Gasteiger partial charge is 0.335 e. The van der Waals surface area contributed by atoms with E-state index in [4.69, 9.17) is 16.7 Å². The third-order valence-electron chi connectivity index (χ3n) is 4.31. The number of hydrogen-bond acceptors (Lipinski definition) is 4. The second-order valence-corrected chi connectivity index (χ2v) is 7.58. The Labute approximate surface area is 175 Å². The second-order valence-electron chi connectivity index (χ2n) is 6.15. The molecule has 0 spiro atoms. The number of carboxylic acid groups (broad SMARTS) is 1. The molecular formula is C21H13ClN2O4S. The molecular weight excluding hydrogens is 412 g/mol. The maximum Gasteiger partial charge on any atom is 0.335 e. The van der Waals surface area contributed by atoms with Crippen LogP contribution in [0.25, 0.3) is 11.8 Å². The number of amides is 2. The Kier molecular flexibility index (Phi) is 5.00. The number of hydrogen-bond donors (Lipinski definition) is 1. The number of aromatic carboxylic acids is 1. The highest BCUT2D eigenvalue weighted by Gasteiger charge is 2.36. The number of aromatic nitrogens is 1. The van der Waals surface area contributed by atoms with Crippen LogP contribution in [-0.4, -0.2) is 26.8 Å². The molecule has 6 nitrogen and oxygen atoms in total. The van der Waals surface area contributed by atoms with Crippen molar-refractivity contribution in [2.45, 2.75) is 0 Å². The molecule has 0 saturated carbocycles. The van der Waals surface area contributed by atoms with Gasteiger partial charge in [-0.1, -0.05) is 17.7 Å². The van der Waals surface area contributed by atoms with Crippen molar-refractivity contribution in [1.82, 2.24) is 4.57 Å². The van der Waals surface area contributed by atoms with Gasteiger partial charge in [-0.15, -0.1) is 0 Å². The second kappa shape index (κ2) is 7.62. The van der Waals surface area contributed by atoms with Crippen LogP contribution in [-0.2, 0) is 4.79 Å². The van der Waals surface area contributed by atoms with Gasteiger partial charge in [-0.25, -0.2) is 9.69 Å². The lowest BCUT2D eigenvalue weighted by molar-refractivity contribution is -0.113. The van der Waals surface area contributed by atoms with Crippen molar-refractivity contribution in [3.8, 4) is 5.69 Å². The summed E-state index contributed by atoms with van der Waals surface area (Å²) in [4.78, 5) is 37.6. The Morgan fingerprint density at radius 3 is 2.45 bits per heavy atom. The number of carbonyl (C=O) groups is 3. The summed E-state index contributed by atoms with van der Waals surface area (Å²) >= 11 is 6.83. The van der Waals surface area contributed by atoms with Gasteiger partial charge in [0.25, 0.3) is 11.1 Å². The Balaban J connectivity index is 1.66. The van der Waals surface area contributed by atoms with Gasteiger partial charge in [-0.3, -0.25) is 9.59 Å². The van der Waals surface area contributed by atoms with Gasteiger partial charge in [0.15, 0.2) is 0 Å². The third-order valence-corrected chi connectivity index (χ3v) is 5.42. The first-order valence-electron chi connectivity index (χ1n) is 8.48. The van der Waals surface area contributed by atoms with E-state index < -0.39 is 17.1 Å². The average molecular weight is 425 g/mol. The number of thioether (sulfide) groups is 1. The van der Waals surface area contributed by atoms with E-state index in [9.17, 15) is 14.4 Å². The number of benzene rings is 2. The van der Waals surface area contributed by atoms with Gasteiger partial charge < -0.3 is 9.67 Å². The standard InChI is InChI=1S/C21H13ClN2O4S/c22-14-3-1-4-17(11-14)24-19(25)18(29-21(24)28)12-16-5-2-10-23(16)15-8-6-13(7-9-15)20(26)27/h1-12H,(H,26,27)/b18-12+. The van der Waals surface area contributed by atoms with E-state index >= 15 is 0 Å². The SMILES string of the molecule is O=C(O)c1ccc(-n2cccc2/C=C2/SC(=O)N(c3cccc(Cl)c3)C2=O)cc1. The first kappa shape index (κ1) is 19.0. The Hall–Kier alpha value is -3.29. The number of anilines is 1. The van der Waals surface area contributed by atoms with Crippen LogP contribution < -0.4 is 4.90 Å². The van der Waals surface area contributed by atoms with Gasteiger partial charge in [0, 0.05) is 22.6 Å². The molecule has 1 aliphatic rings. The quantitative estimate of drug-likeness (QED) is 0.591. The summed E-state index contributed by atoms with van der Waals surface area (Å²) in [7, 11) is 0. The van der Waals surface area contributed by atoms with E-state index in [-0.39, 0.29) is 10.5 Å². The highest BCUT2D eigenvalue weighted by molar-refractivity contribution is 8.19. The molecule has 2 heterocycles. The lowest BCUT2D eigenvalue weighted by Crippen LogP contribution is -2.27. The van der Waals surface area contributed by atoms with E-state index in [1.54, 1.807) is 65.4 Å². The predicted octanol–water partition coefficient (Wildman–Crippen LogP) is 5.07. The molecule has 0 radical (unpaired) electrons. The van der Waals surface area contributed by atoms with Crippen LogP contribution in [0.2, 0.25) is 5.02 Å². The minimum Gasteiger partial charge on any atom is -0.478 e. The van der Waals surface area contributed by atoms with Crippen LogP contribution >= 0.6 is 23.4 Å². The highest BCUT2D eigenvalue weighted by atomic mass is 35.5. The third kappa shape index (κ3) is 3.70. The number of nitrogens with zero attached hydrogens (tertiary/aromatic N) is 2. The van der Waals surface area contributed by atoms with Gasteiger partial charge >= 0.3 is 5.97 Å². The van der Waals surface area contributed by atoms with Gasteiger partial charge in [0.05, 0.1) is 16.2 Å². The molecule has 29 heavy (non-hydrogen) atoms. The van der Waals surface area contributed by atoms with Crippen LogP contribution in [0.4, 0.5) is 10.5 Å². The fraction of sp³-hybridized carbons (Fsp3) is 0. The largest absolute Gasteiger partial charge is 0.478 e. The molecule has 2 amide bonds. The van der Waals surface area contributed by atoms with Gasteiger partial charge in [0.1, 0.15) is 0 Å². The maximum absolute atomic E-state index is 12.8. The molecule has 1 fully saturated rings. The molecule has 1 N–H and O–H groups in total. The summed E-state index contributed by atoms with van der Waals surface area (Å²) in [6, 6.07) is 16.5. The Bertz CT molecular complexity index is 1170. The van der Waals surface area contributed by atoms with Gasteiger partial charge in [0.2, 0.25) is 0 Å². The van der Waals surface area contributed by atoms with Crippen molar-refractivity contribution >= 4 is 52.2 Å². The summed E-state index contributed by atoms with van der Waals surface area (Å²) in [6.07, 6.45) is 3.43. The highest BCUT2D eigenvalue weighted by Crippen LogP contribution is 2.36. The molecule has 144 valence electrons. The Morgan fingerprint density at radius 1 is 1.00 bits per heavy atom.